The number of imidazole rings is 1. The summed E-state index contributed by atoms with van der Waals surface area (Å²) in [5.41, 5.74) is 2.85. The Morgan fingerprint density at radius 3 is 2.57 bits per heavy atom. The number of aromatic nitrogens is 3. The number of benzene rings is 2. The molecule has 0 radical (unpaired) electrons. The summed E-state index contributed by atoms with van der Waals surface area (Å²) in [7, 11) is 0. The minimum Gasteiger partial charge on any atom is -0.449 e. The number of nitrogens with zero attached hydrogens (tertiary/aromatic N) is 3. The highest BCUT2D eigenvalue weighted by Gasteiger charge is 2.21. The van der Waals surface area contributed by atoms with E-state index in [2.05, 4.69) is 15.5 Å². The third-order valence-corrected chi connectivity index (χ3v) is 4.60. The SMILES string of the molecule is Cc1cc(NC(=O)C(C)OC(=O)c2ccc3c(c2)nc(C)n3-c2ccccc2)no1. The Labute approximate surface area is 172 Å². The van der Waals surface area contributed by atoms with Gasteiger partial charge in [0.05, 0.1) is 16.6 Å². The fraction of sp³-hybridized carbons (Fsp3) is 0.182. The number of rotatable bonds is 5. The zero-order valence-electron chi connectivity index (χ0n) is 16.7. The highest BCUT2D eigenvalue weighted by molar-refractivity contribution is 5.98. The third kappa shape index (κ3) is 3.80. The first kappa shape index (κ1) is 19.4. The van der Waals surface area contributed by atoms with Gasteiger partial charge in [-0.2, -0.15) is 0 Å². The molecule has 0 saturated heterocycles. The monoisotopic (exact) mass is 404 g/mol. The van der Waals surface area contributed by atoms with Gasteiger partial charge in [-0.05, 0) is 51.1 Å². The lowest BCUT2D eigenvalue weighted by atomic mass is 10.2. The molecule has 0 aliphatic rings. The van der Waals surface area contributed by atoms with Crippen molar-refractivity contribution in [2.45, 2.75) is 26.9 Å². The molecule has 2 aromatic carbocycles. The number of nitrogens with one attached hydrogen (secondary N) is 1. The van der Waals surface area contributed by atoms with Crippen LogP contribution in [0.4, 0.5) is 5.82 Å². The van der Waals surface area contributed by atoms with Crippen LogP contribution in [-0.4, -0.2) is 32.7 Å². The Bertz CT molecular complexity index is 1230. The van der Waals surface area contributed by atoms with Gasteiger partial charge in [-0.3, -0.25) is 9.36 Å². The van der Waals surface area contributed by atoms with Gasteiger partial charge in [0.25, 0.3) is 5.91 Å². The van der Waals surface area contributed by atoms with Crippen LogP contribution in [0.3, 0.4) is 0 Å². The molecular formula is C22H20N4O4. The van der Waals surface area contributed by atoms with E-state index in [9.17, 15) is 9.59 Å². The van der Waals surface area contributed by atoms with E-state index in [0.29, 0.717) is 16.8 Å². The maximum atomic E-state index is 12.6. The van der Waals surface area contributed by atoms with E-state index in [1.165, 1.54) is 6.92 Å². The van der Waals surface area contributed by atoms with Crippen molar-refractivity contribution >= 4 is 28.7 Å². The molecule has 4 aromatic rings. The predicted molar refractivity (Wildman–Crippen MR) is 111 cm³/mol. The Kier molecular flexibility index (Phi) is 5.05. The Balaban J connectivity index is 1.51. The minimum absolute atomic E-state index is 0.267. The van der Waals surface area contributed by atoms with Crippen molar-refractivity contribution in [1.82, 2.24) is 14.7 Å². The van der Waals surface area contributed by atoms with E-state index in [1.54, 1.807) is 25.1 Å². The summed E-state index contributed by atoms with van der Waals surface area (Å²) in [6.45, 7) is 5.11. The third-order valence-electron chi connectivity index (χ3n) is 4.60. The molecule has 2 aromatic heterocycles. The van der Waals surface area contributed by atoms with Gasteiger partial charge in [0.2, 0.25) is 0 Å². The van der Waals surface area contributed by atoms with E-state index >= 15 is 0 Å². The van der Waals surface area contributed by atoms with Gasteiger partial charge >= 0.3 is 5.97 Å². The summed E-state index contributed by atoms with van der Waals surface area (Å²) in [5.74, 6) is 0.527. The largest absolute Gasteiger partial charge is 0.449 e. The lowest BCUT2D eigenvalue weighted by molar-refractivity contribution is -0.123. The summed E-state index contributed by atoms with van der Waals surface area (Å²) in [6, 6.07) is 16.6. The number of hydrogen-bond donors (Lipinski definition) is 1. The lowest BCUT2D eigenvalue weighted by Gasteiger charge is -2.12. The van der Waals surface area contributed by atoms with Crippen molar-refractivity contribution < 1.29 is 18.8 Å². The summed E-state index contributed by atoms with van der Waals surface area (Å²) < 4.78 is 12.2. The highest BCUT2D eigenvalue weighted by Crippen LogP contribution is 2.23. The standard InChI is InChI=1S/C22H20N4O4/c1-13-11-20(25-30-13)24-21(27)14(2)29-22(28)16-9-10-19-18(12-16)23-15(3)26(19)17-7-5-4-6-8-17/h4-12,14H,1-3H3,(H,24,25,27). The molecule has 1 amide bonds. The second kappa shape index (κ2) is 7.82. The second-order valence-corrected chi connectivity index (χ2v) is 6.89. The first-order valence-corrected chi connectivity index (χ1v) is 9.42. The molecule has 0 aliphatic carbocycles. The molecule has 1 N–H and O–H groups in total. The van der Waals surface area contributed by atoms with Crippen LogP contribution in [0.25, 0.3) is 16.7 Å². The number of fused-ring (bicyclic) bond motifs is 1. The number of esters is 1. The molecule has 8 nitrogen and oxygen atoms in total. The fourth-order valence-electron chi connectivity index (χ4n) is 3.17. The fourth-order valence-corrected chi connectivity index (χ4v) is 3.17. The predicted octanol–water partition coefficient (Wildman–Crippen LogP) is 3.81. The molecule has 1 atom stereocenters. The van der Waals surface area contributed by atoms with Gasteiger partial charge in [0, 0.05) is 11.8 Å². The van der Waals surface area contributed by atoms with Gasteiger partial charge in [-0.1, -0.05) is 23.4 Å². The maximum Gasteiger partial charge on any atom is 0.338 e. The molecule has 30 heavy (non-hydrogen) atoms. The average Bonchev–Trinajstić information content (AvgIpc) is 3.29. The van der Waals surface area contributed by atoms with Crippen molar-refractivity contribution in [3.63, 3.8) is 0 Å². The van der Waals surface area contributed by atoms with Gasteiger partial charge in [-0.25, -0.2) is 9.78 Å². The summed E-state index contributed by atoms with van der Waals surface area (Å²) in [4.78, 5) is 29.3. The molecule has 0 spiro atoms. The van der Waals surface area contributed by atoms with Crippen LogP contribution in [0, 0.1) is 13.8 Å². The smallest absolute Gasteiger partial charge is 0.338 e. The quantitative estimate of drug-likeness (QED) is 0.508. The first-order chi connectivity index (χ1) is 14.4. The number of amides is 1. The number of aryl methyl sites for hydroxylation is 2. The van der Waals surface area contributed by atoms with Crippen molar-refractivity contribution in [2.24, 2.45) is 0 Å². The van der Waals surface area contributed by atoms with Crippen molar-refractivity contribution in [3.05, 3.63) is 71.7 Å². The minimum atomic E-state index is -1.01. The van der Waals surface area contributed by atoms with Crippen LogP contribution in [0.5, 0.6) is 0 Å². The number of ether oxygens (including phenoxy) is 1. The van der Waals surface area contributed by atoms with Crippen LogP contribution < -0.4 is 5.32 Å². The number of anilines is 1. The summed E-state index contributed by atoms with van der Waals surface area (Å²) >= 11 is 0. The van der Waals surface area contributed by atoms with Gasteiger partial charge in [0.1, 0.15) is 11.6 Å². The van der Waals surface area contributed by atoms with E-state index in [-0.39, 0.29) is 5.82 Å². The highest BCUT2D eigenvalue weighted by atomic mass is 16.5. The van der Waals surface area contributed by atoms with Crippen LogP contribution in [0.2, 0.25) is 0 Å². The zero-order chi connectivity index (χ0) is 21.3. The molecular weight excluding hydrogens is 384 g/mol. The second-order valence-electron chi connectivity index (χ2n) is 6.89. The van der Waals surface area contributed by atoms with Crippen molar-refractivity contribution in [2.75, 3.05) is 5.32 Å². The molecule has 0 bridgehead atoms. The molecule has 1 unspecified atom stereocenters. The van der Waals surface area contributed by atoms with Crippen molar-refractivity contribution in [1.29, 1.82) is 0 Å². The van der Waals surface area contributed by atoms with Crippen LogP contribution in [-0.2, 0) is 9.53 Å². The van der Waals surface area contributed by atoms with Gasteiger partial charge in [0.15, 0.2) is 11.9 Å². The first-order valence-electron chi connectivity index (χ1n) is 9.42. The number of hydrogen-bond acceptors (Lipinski definition) is 6. The maximum absolute atomic E-state index is 12.6. The van der Waals surface area contributed by atoms with Crippen LogP contribution in [0.15, 0.2) is 59.1 Å². The Hall–Kier alpha value is -3.94. The molecule has 0 fully saturated rings. The van der Waals surface area contributed by atoms with Crippen LogP contribution >= 0.6 is 0 Å². The van der Waals surface area contributed by atoms with Crippen LogP contribution in [0.1, 0.15) is 28.9 Å². The molecule has 0 saturated carbocycles. The van der Waals surface area contributed by atoms with E-state index in [4.69, 9.17) is 9.26 Å². The normalized spacial score (nSPS) is 12.0. The Morgan fingerprint density at radius 1 is 1.10 bits per heavy atom. The molecule has 8 heteroatoms. The number of para-hydroxylation sites is 1. The Morgan fingerprint density at radius 2 is 1.87 bits per heavy atom. The topological polar surface area (TPSA) is 99.2 Å². The molecule has 0 aliphatic heterocycles. The van der Waals surface area contributed by atoms with Gasteiger partial charge < -0.3 is 14.6 Å². The van der Waals surface area contributed by atoms with Crippen molar-refractivity contribution in [3.8, 4) is 5.69 Å². The van der Waals surface area contributed by atoms with Gasteiger partial charge in [-0.15, -0.1) is 0 Å². The average molecular weight is 404 g/mol. The summed E-state index contributed by atoms with van der Waals surface area (Å²) in [5, 5.41) is 6.23. The lowest BCUT2D eigenvalue weighted by Crippen LogP contribution is -2.30. The zero-order valence-corrected chi connectivity index (χ0v) is 16.7. The number of carbonyl (C=O) groups excluding carboxylic acids is 2. The van der Waals surface area contributed by atoms with E-state index < -0.39 is 18.0 Å². The van der Waals surface area contributed by atoms with E-state index in [0.717, 1.165) is 17.0 Å². The van der Waals surface area contributed by atoms with E-state index in [1.807, 2.05) is 47.9 Å². The molecule has 4 rings (SSSR count). The number of carbonyl (C=O) groups is 2. The summed E-state index contributed by atoms with van der Waals surface area (Å²) in [6.07, 6.45) is -1.01. The molecule has 152 valence electrons. The molecule has 2 heterocycles.